The van der Waals surface area contributed by atoms with Crippen LogP contribution < -0.4 is 5.73 Å². The van der Waals surface area contributed by atoms with Crippen molar-refractivity contribution in [3.63, 3.8) is 0 Å². The van der Waals surface area contributed by atoms with E-state index in [4.69, 9.17) is 17.3 Å². The van der Waals surface area contributed by atoms with Crippen LogP contribution in [-0.2, 0) is 7.05 Å². The lowest BCUT2D eigenvalue weighted by atomic mass is 10.3. The number of anilines is 1. The zero-order chi connectivity index (χ0) is 8.72. The summed E-state index contributed by atoms with van der Waals surface area (Å²) in [5.41, 5.74) is 7.34. The Morgan fingerprint density at radius 2 is 2.25 bits per heavy atom. The van der Waals surface area contributed by atoms with Crippen LogP contribution >= 0.6 is 11.6 Å². The molecule has 0 radical (unpaired) electrons. The molecule has 0 fully saturated rings. The minimum Gasteiger partial charge on any atom is -0.369 e. The van der Waals surface area contributed by atoms with Crippen molar-refractivity contribution in [2.75, 3.05) is 5.73 Å². The normalized spacial score (nSPS) is 10.8. The van der Waals surface area contributed by atoms with Gasteiger partial charge in [0.05, 0.1) is 10.5 Å². The second-order valence-corrected chi connectivity index (χ2v) is 3.04. The molecule has 0 aliphatic heterocycles. The summed E-state index contributed by atoms with van der Waals surface area (Å²) < 4.78 is 1.81. The predicted octanol–water partition coefficient (Wildman–Crippen LogP) is 1.81. The van der Waals surface area contributed by atoms with Gasteiger partial charge in [-0.15, -0.1) is 0 Å². The van der Waals surface area contributed by atoms with Crippen LogP contribution in [0, 0.1) is 0 Å². The number of hydrogen-bond donors (Lipinski definition) is 1. The molecule has 0 aliphatic rings. The van der Waals surface area contributed by atoms with Crippen molar-refractivity contribution in [1.82, 2.24) is 9.55 Å². The van der Waals surface area contributed by atoms with Crippen LogP contribution in [-0.4, -0.2) is 9.55 Å². The monoisotopic (exact) mass is 181 g/mol. The maximum Gasteiger partial charge on any atom is 0.200 e. The van der Waals surface area contributed by atoms with Crippen molar-refractivity contribution in [3.8, 4) is 0 Å². The quantitative estimate of drug-likeness (QED) is 0.674. The van der Waals surface area contributed by atoms with E-state index in [0.717, 1.165) is 11.0 Å². The van der Waals surface area contributed by atoms with Crippen LogP contribution in [0.5, 0.6) is 0 Å². The van der Waals surface area contributed by atoms with E-state index in [2.05, 4.69) is 4.98 Å². The highest BCUT2D eigenvalue weighted by Crippen LogP contribution is 2.23. The summed E-state index contributed by atoms with van der Waals surface area (Å²) in [6.07, 6.45) is 0. The molecular formula is C8H8ClN3. The first-order valence-electron chi connectivity index (χ1n) is 3.56. The van der Waals surface area contributed by atoms with Crippen molar-refractivity contribution in [1.29, 1.82) is 0 Å². The van der Waals surface area contributed by atoms with Crippen LogP contribution in [0.4, 0.5) is 5.95 Å². The number of nitrogen functional groups attached to an aromatic ring is 1. The molecule has 0 unspecified atom stereocenters. The lowest BCUT2D eigenvalue weighted by Gasteiger charge is -1.94. The fourth-order valence-corrected chi connectivity index (χ4v) is 1.41. The zero-order valence-corrected chi connectivity index (χ0v) is 7.34. The number of aryl methyl sites for hydroxylation is 1. The first-order chi connectivity index (χ1) is 5.70. The minimum absolute atomic E-state index is 0.484. The van der Waals surface area contributed by atoms with E-state index in [-0.39, 0.29) is 0 Å². The van der Waals surface area contributed by atoms with Crippen molar-refractivity contribution in [2.45, 2.75) is 0 Å². The molecule has 2 N–H and O–H groups in total. The Morgan fingerprint density at radius 1 is 1.50 bits per heavy atom. The highest BCUT2D eigenvalue weighted by atomic mass is 35.5. The molecule has 0 atom stereocenters. The minimum atomic E-state index is 0.484. The highest BCUT2D eigenvalue weighted by molar-refractivity contribution is 6.35. The number of aromatic nitrogens is 2. The molecule has 0 saturated heterocycles. The molecule has 0 spiro atoms. The summed E-state index contributed by atoms with van der Waals surface area (Å²) in [6.45, 7) is 0. The van der Waals surface area contributed by atoms with Crippen LogP contribution in [0.2, 0.25) is 5.02 Å². The summed E-state index contributed by atoms with van der Waals surface area (Å²) in [7, 11) is 1.86. The first kappa shape index (κ1) is 7.43. The molecule has 2 aromatic rings. The van der Waals surface area contributed by atoms with E-state index >= 15 is 0 Å². The molecule has 1 aromatic carbocycles. The lowest BCUT2D eigenvalue weighted by molar-refractivity contribution is 0.965. The Labute approximate surface area is 74.8 Å². The maximum atomic E-state index is 5.91. The van der Waals surface area contributed by atoms with Gasteiger partial charge in [0.25, 0.3) is 0 Å². The number of fused-ring (bicyclic) bond motifs is 1. The SMILES string of the molecule is Cn1c(N)nc2c(Cl)cccc21. The molecule has 12 heavy (non-hydrogen) atoms. The van der Waals surface area contributed by atoms with Gasteiger partial charge in [0.15, 0.2) is 0 Å². The van der Waals surface area contributed by atoms with Gasteiger partial charge in [-0.1, -0.05) is 17.7 Å². The third-order valence-corrected chi connectivity index (χ3v) is 2.20. The second kappa shape index (κ2) is 2.38. The number of rotatable bonds is 0. The number of nitrogens with zero attached hydrogens (tertiary/aromatic N) is 2. The van der Waals surface area contributed by atoms with Crippen LogP contribution in [0.1, 0.15) is 0 Å². The fraction of sp³-hybridized carbons (Fsp3) is 0.125. The number of hydrogen-bond acceptors (Lipinski definition) is 2. The van der Waals surface area contributed by atoms with Crippen LogP contribution in [0.3, 0.4) is 0 Å². The molecule has 0 bridgehead atoms. The third-order valence-electron chi connectivity index (χ3n) is 1.90. The van der Waals surface area contributed by atoms with Crippen molar-refractivity contribution < 1.29 is 0 Å². The van der Waals surface area contributed by atoms with Gasteiger partial charge < -0.3 is 10.3 Å². The van der Waals surface area contributed by atoms with Gasteiger partial charge in [0.2, 0.25) is 5.95 Å². The van der Waals surface area contributed by atoms with Gasteiger partial charge in [-0.3, -0.25) is 0 Å². The smallest absolute Gasteiger partial charge is 0.200 e. The van der Waals surface area contributed by atoms with E-state index in [1.54, 1.807) is 10.6 Å². The van der Waals surface area contributed by atoms with E-state index in [1.165, 1.54) is 0 Å². The average molecular weight is 182 g/mol. The topological polar surface area (TPSA) is 43.8 Å². The summed E-state index contributed by atoms with van der Waals surface area (Å²) in [6, 6.07) is 5.62. The fourth-order valence-electron chi connectivity index (χ4n) is 1.20. The van der Waals surface area contributed by atoms with Crippen molar-refractivity contribution in [3.05, 3.63) is 23.2 Å². The van der Waals surface area contributed by atoms with Gasteiger partial charge in [0.1, 0.15) is 5.52 Å². The summed E-state index contributed by atoms with van der Waals surface area (Å²) in [4.78, 5) is 4.12. The number of benzene rings is 1. The molecule has 4 heteroatoms. The van der Waals surface area contributed by atoms with Gasteiger partial charge in [-0.05, 0) is 12.1 Å². The molecule has 62 valence electrons. The Balaban J connectivity index is 2.95. The number of imidazole rings is 1. The lowest BCUT2D eigenvalue weighted by Crippen LogP contribution is -1.95. The predicted molar refractivity (Wildman–Crippen MR) is 50.1 cm³/mol. The van der Waals surface area contributed by atoms with Gasteiger partial charge in [0, 0.05) is 7.05 Å². The van der Waals surface area contributed by atoms with Gasteiger partial charge >= 0.3 is 0 Å². The molecule has 1 heterocycles. The Hall–Kier alpha value is -1.22. The summed E-state index contributed by atoms with van der Waals surface area (Å²) in [5.74, 6) is 0.484. The van der Waals surface area contributed by atoms with Gasteiger partial charge in [-0.2, -0.15) is 0 Å². The summed E-state index contributed by atoms with van der Waals surface area (Å²) in [5, 5.41) is 0.639. The van der Waals surface area contributed by atoms with Crippen molar-refractivity contribution >= 4 is 28.6 Å². The largest absolute Gasteiger partial charge is 0.369 e. The Morgan fingerprint density at radius 3 is 2.92 bits per heavy atom. The molecule has 3 nitrogen and oxygen atoms in total. The third kappa shape index (κ3) is 0.865. The Kier molecular flexibility index (Phi) is 1.48. The van der Waals surface area contributed by atoms with Crippen LogP contribution in [0.25, 0.3) is 11.0 Å². The Bertz CT molecular complexity index is 433. The molecule has 1 aromatic heterocycles. The van der Waals surface area contributed by atoms with E-state index < -0.39 is 0 Å². The summed E-state index contributed by atoms with van der Waals surface area (Å²) >= 11 is 5.91. The first-order valence-corrected chi connectivity index (χ1v) is 3.94. The number of halogens is 1. The maximum absolute atomic E-state index is 5.91. The van der Waals surface area contributed by atoms with Crippen LogP contribution in [0.15, 0.2) is 18.2 Å². The zero-order valence-electron chi connectivity index (χ0n) is 6.58. The highest BCUT2D eigenvalue weighted by Gasteiger charge is 2.06. The van der Waals surface area contributed by atoms with E-state index in [1.807, 2.05) is 19.2 Å². The molecule has 0 saturated carbocycles. The number of nitrogens with two attached hydrogens (primary N) is 1. The van der Waals surface area contributed by atoms with E-state index in [9.17, 15) is 0 Å². The van der Waals surface area contributed by atoms with Crippen molar-refractivity contribution in [2.24, 2.45) is 7.05 Å². The second-order valence-electron chi connectivity index (χ2n) is 2.64. The van der Waals surface area contributed by atoms with Gasteiger partial charge in [-0.25, -0.2) is 4.98 Å². The molecule has 0 aliphatic carbocycles. The number of para-hydroxylation sites is 1. The van der Waals surface area contributed by atoms with E-state index in [0.29, 0.717) is 11.0 Å². The average Bonchev–Trinajstić information content (AvgIpc) is 2.32. The molecule has 2 rings (SSSR count). The standard InChI is InChI=1S/C8H8ClN3/c1-12-6-4-2-3-5(9)7(6)11-8(12)10/h2-4H,1H3,(H2,10,11). The molecule has 0 amide bonds. The molecular weight excluding hydrogens is 174 g/mol.